The zero-order valence-electron chi connectivity index (χ0n) is 9.60. The van der Waals surface area contributed by atoms with Crippen LogP contribution in [0.1, 0.15) is 30.7 Å². The molecule has 3 heteroatoms. The third-order valence-electron chi connectivity index (χ3n) is 2.55. The van der Waals surface area contributed by atoms with Gasteiger partial charge in [-0.3, -0.25) is 4.98 Å². The van der Waals surface area contributed by atoms with E-state index in [4.69, 9.17) is 4.74 Å². The number of hydrogen-bond acceptors (Lipinski definition) is 3. The molecule has 0 amide bonds. The van der Waals surface area contributed by atoms with Gasteiger partial charge in [-0.2, -0.15) is 0 Å². The fourth-order valence-corrected chi connectivity index (χ4v) is 1.41. The molecule has 0 aliphatic carbocycles. The lowest BCUT2D eigenvalue weighted by molar-refractivity contribution is 0.0855. The maximum atomic E-state index is 9.99. The highest BCUT2D eigenvalue weighted by Crippen LogP contribution is 2.22. The highest BCUT2D eigenvalue weighted by atomic mass is 16.5. The van der Waals surface area contributed by atoms with Crippen LogP contribution in [0.4, 0.5) is 0 Å². The Morgan fingerprint density at radius 3 is 2.73 bits per heavy atom. The van der Waals surface area contributed by atoms with Crippen molar-refractivity contribution >= 4 is 0 Å². The number of aliphatic hydroxyl groups is 1. The van der Waals surface area contributed by atoms with E-state index in [2.05, 4.69) is 4.98 Å². The first-order chi connectivity index (χ1) is 7.15. The molecule has 3 nitrogen and oxygen atoms in total. The van der Waals surface area contributed by atoms with Crippen molar-refractivity contribution in [1.29, 1.82) is 0 Å². The third-order valence-corrected chi connectivity index (χ3v) is 2.55. The summed E-state index contributed by atoms with van der Waals surface area (Å²) in [4.78, 5) is 4.22. The molecule has 0 bridgehead atoms. The van der Waals surface area contributed by atoms with E-state index >= 15 is 0 Å². The molecule has 0 aliphatic heterocycles. The SMILES string of the molecule is COCCC(C)C(O)c1ccc(C)cn1. The van der Waals surface area contributed by atoms with Gasteiger partial charge in [-0.1, -0.05) is 13.0 Å². The molecule has 0 saturated heterocycles. The lowest BCUT2D eigenvalue weighted by Crippen LogP contribution is -2.12. The second-order valence-corrected chi connectivity index (χ2v) is 3.96. The Hall–Kier alpha value is -0.930. The van der Waals surface area contributed by atoms with Gasteiger partial charge in [-0.15, -0.1) is 0 Å². The predicted molar refractivity (Wildman–Crippen MR) is 59.6 cm³/mol. The molecule has 2 unspecified atom stereocenters. The van der Waals surface area contributed by atoms with E-state index in [1.165, 1.54) is 0 Å². The van der Waals surface area contributed by atoms with Crippen molar-refractivity contribution < 1.29 is 9.84 Å². The summed E-state index contributed by atoms with van der Waals surface area (Å²) in [6.07, 6.45) is 2.12. The van der Waals surface area contributed by atoms with Crippen molar-refractivity contribution in [2.45, 2.75) is 26.4 Å². The van der Waals surface area contributed by atoms with Crippen LogP contribution in [0.25, 0.3) is 0 Å². The predicted octanol–water partition coefficient (Wildman–Crippen LogP) is 2.10. The Labute approximate surface area is 91.1 Å². The van der Waals surface area contributed by atoms with Crippen molar-refractivity contribution in [2.24, 2.45) is 5.92 Å². The second-order valence-electron chi connectivity index (χ2n) is 3.96. The summed E-state index contributed by atoms with van der Waals surface area (Å²) >= 11 is 0. The first-order valence-electron chi connectivity index (χ1n) is 5.24. The summed E-state index contributed by atoms with van der Waals surface area (Å²) < 4.78 is 4.99. The minimum absolute atomic E-state index is 0.167. The molecule has 15 heavy (non-hydrogen) atoms. The molecule has 84 valence electrons. The van der Waals surface area contributed by atoms with Crippen LogP contribution in [0.15, 0.2) is 18.3 Å². The molecule has 1 aromatic rings. The average molecular weight is 209 g/mol. The minimum atomic E-state index is -0.499. The van der Waals surface area contributed by atoms with Gasteiger partial charge in [0.15, 0.2) is 0 Å². The van der Waals surface area contributed by atoms with E-state index < -0.39 is 6.10 Å². The van der Waals surface area contributed by atoms with Gasteiger partial charge >= 0.3 is 0 Å². The van der Waals surface area contributed by atoms with Crippen molar-refractivity contribution in [3.63, 3.8) is 0 Å². The van der Waals surface area contributed by atoms with Crippen molar-refractivity contribution in [3.8, 4) is 0 Å². The number of aryl methyl sites for hydroxylation is 1. The zero-order valence-corrected chi connectivity index (χ0v) is 9.60. The maximum absolute atomic E-state index is 9.99. The average Bonchev–Trinajstić information content (AvgIpc) is 2.26. The zero-order chi connectivity index (χ0) is 11.3. The van der Waals surface area contributed by atoms with Crippen molar-refractivity contribution in [2.75, 3.05) is 13.7 Å². The van der Waals surface area contributed by atoms with Crippen LogP contribution in [-0.2, 0) is 4.74 Å². The molecule has 2 atom stereocenters. The first kappa shape index (κ1) is 12.1. The van der Waals surface area contributed by atoms with Crippen LogP contribution < -0.4 is 0 Å². The lowest BCUT2D eigenvalue weighted by atomic mass is 9.98. The molecule has 0 fully saturated rings. The Morgan fingerprint density at radius 1 is 1.47 bits per heavy atom. The van der Waals surface area contributed by atoms with E-state index in [1.807, 2.05) is 26.0 Å². The molecule has 1 N–H and O–H groups in total. The monoisotopic (exact) mass is 209 g/mol. The normalized spacial score (nSPS) is 14.9. The third kappa shape index (κ3) is 3.61. The van der Waals surface area contributed by atoms with Crippen molar-refractivity contribution in [3.05, 3.63) is 29.6 Å². The fourth-order valence-electron chi connectivity index (χ4n) is 1.41. The number of ether oxygens (including phenoxy) is 1. The molecule has 0 aromatic carbocycles. The largest absolute Gasteiger partial charge is 0.387 e. The number of rotatable bonds is 5. The number of nitrogens with zero attached hydrogens (tertiary/aromatic N) is 1. The number of aromatic nitrogens is 1. The Balaban J connectivity index is 2.59. The Bertz CT molecular complexity index is 284. The van der Waals surface area contributed by atoms with E-state index in [1.54, 1.807) is 13.3 Å². The second kappa shape index (κ2) is 5.83. The van der Waals surface area contributed by atoms with E-state index in [0.29, 0.717) is 6.61 Å². The van der Waals surface area contributed by atoms with Crippen LogP contribution in [-0.4, -0.2) is 23.8 Å². The molecule has 1 heterocycles. The summed E-state index contributed by atoms with van der Waals surface area (Å²) in [7, 11) is 1.67. The van der Waals surface area contributed by atoms with Crippen LogP contribution >= 0.6 is 0 Å². The van der Waals surface area contributed by atoms with Crippen molar-refractivity contribution in [1.82, 2.24) is 4.98 Å². The number of aliphatic hydroxyl groups excluding tert-OH is 1. The summed E-state index contributed by atoms with van der Waals surface area (Å²) in [5, 5.41) is 9.99. The standard InChI is InChI=1S/C12H19NO2/c1-9-4-5-11(13-8-9)12(14)10(2)6-7-15-3/h4-5,8,10,12,14H,6-7H2,1-3H3. The highest BCUT2D eigenvalue weighted by molar-refractivity contribution is 5.14. The molecule has 0 spiro atoms. The number of pyridine rings is 1. The number of hydrogen-bond donors (Lipinski definition) is 1. The summed E-state index contributed by atoms with van der Waals surface area (Å²) in [5.41, 5.74) is 1.85. The molecule has 1 rings (SSSR count). The van der Waals surface area contributed by atoms with Gasteiger partial charge in [0.1, 0.15) is 0 Å². The number of methoxy groups -OCH3 is 1. The van der Waals surface area contributed by atoms with Gasteiger partial charge in [-0.25, -0.2) is 0 Å². The highest BCUT2D eigenvalue weighted by Gasteiger charge is 2.16. The quantitative estimate of drug-likeness (QED) is 0.807. The smallest absolute Gasteiger partial charge is 0.0985 e. The van der Waals surface area contributed by atoms with E-state index in [0.717, 1.165) is 17.7 Å². The lowest BCUT2D eigenvalue weighted by Gasteiger charge is -2.17. The molecule has 1 aromatic heterocycles. The van der Waals surface area contributed by atoms with Crippen LogP contribution in [0.2, 0.25) is 0 Å². The van der Waals surface area contributed by atoms with E-state index in [-0.39, 0.29) is 5.92 Å². The van der Waals surface area contributed by atoms with Crippen LogP contribution in [0.5, 0.6) is 0 Å². The Kier molecular flexibility index (Phi) is 4.72. The van der Waals surface area contributed by atoms with Gasteiger partial charge in [0.05, 0.1) is 11.8 Å². The summed E-state index contributed by atoms with van der Waals surface area (Å²) in [6.45, 7) is 4.66. The van der Waals surface area contributed by atoms with Gasteiger partial charge in [0.2, 0.25) is 0 Å². The Morgan fingerprint density at radius 2 is 2.20 bits per heavy atom. The summed E-state index contributed by atoms with van der Waals surface area (Å²) in [5.74, 6) is 0.167. The van der Waals surface area contributed by atoms with Gasteiger partial charge < -0.3 is 9.84 Å². The molecule has 0 saturated carbocycles. The topological polar surface area (TPSA) is 42.4 Å². The molecule has 0 radical (unpaired) electrons. The van der Waals surface area contributed by atoms with E-state index in [9.17, 15) is 5.11 Å². The van der Waals surface area contributed by atoms with Gasteiger partial charge in [0, 0.05) is 19.9 Å². The molecular formula is C12H19NO2. The summed E-state index contributed by atoms with van der Waals surface area (Å²) in [6, 6.07) is 3.85. The molecule has 0 aliphatic rings. The fraction of sp³-hybridized carbons (Fsp3) is 0.583. The van der Waals surface area contributed by atoms with Gasteiger partial charge in [-0.05, 0) is 30.9 Å². The first-order valence-corrected chi connectivity index (χ1v) is 5.24. The van der Waals surface area contributed by atoms with Gasteiger partial charge in [0.25, 0.3) is 0 Å². The van der Waals surface area contributed by atoms with Crippen LogP contribution in [0, 0.1) is 12.8 Å². The molecular weight excluding hydrogens is 190 g/mol. The maximum Gasteiger partial charge on any atom is 0.0985 e. The minimum Gasteiger partial charge on any atom is -0.387 e. The van der Waals surface area contributed by atoms with Crippen LogP contribution in [0.3, 0.4) is 0 Å².